The maximum absolute atomic E-state index is 6.34. The van der Waals surface area contributed by atoms with Gasteiger partial charge in [-0.15, -0.1) is 0 Å². The van der Waals surface area contributed by atoms with E-state index in [1.807, 2.05) is 13.8 Å². The quantitative estimate of drug-likeness (QED) is 0.423. The summed E-state index contributed by atoms with van der Waals surface area (Å²) in [5.74, 6) is 1.62. The molecule has 1 heterocycles. The van der Waals surface area contributed by atoms with Gasteiger partial charge in [0.05, 0.1) is 22.8 Å². The minimum absolute atomic E-state index is 0.804. The second kappa shape index (κ2) is 9.74. The summed E-state index contributed by atoms with van der Waals surface area (Å²) in [7, 11) is 0. The number of allylic oxidation sites excluding steroid dienone is 4. The Morgan fingerprint density at radius 3 is 1.06 bits per heavy atom. The minimum Gasteiger partial charge on any atom is -0.454 e. The molecular formula is C31H40N2O. The third-order valence-corrected chi connectivity index (χ3v) is 8.02. The molecule has 0 fully saturated rings. The molecule has 0 N–H and O–H groups in total. The van der Waals surface area contributed by atoms with E-state index >= 15 is 0 Å². The van der Waals surface area contributed by atoms with Gasteiger partial charge in [0.25, 0.3) is 0 Å². The zero-order chi connectivity index (χ0) is 25.5. The Hall–Kier alpha value is -2.94. The first-order valence-corrected chi connectivity index (χ1v) is 12.2. The van der Waals surface area contributed by atoms with E-state index in [9.17, 15) is 0 Å². The first-order valence-electron chi connectivity index (χ1n) is 12.2. The summed E-state index contributed by atoms with van der Waals surface area (Å²) in [4.78, 5) is 10.1. The third kappa shape index (κ3) is 4.53. The van der Waals surface area contributed by atoms with E-state index in [4.69, 9.17) is 14.7 Å². The van der Waals surface area contributed by atoms with E-state index in [1.54, 1.807) is 0 Å². The molecule has 0 spiro atoms. The Balaban J connectivity index is 1.94. The van der Waals surface area contributed by atoms with Crippen LogP contribution in [-0.2, 0) is 4.74 Å². The molecule has 0 saturated heterocycles. The largest absolute Gasteiger partial charge is 0.454 e. The fourth-order valence-electron chi connectivity index (χ4n) is 4.66. The van der Waals surface area contributed by atoms with Gasteiger partial charge in [-0.3, -0.25) is 0 Å². The van der Waals surface area contributed by atoms with Gasteiger partial charge in [0, 0.05) is 0 Å². The highest BCUT2D eigenvalue weighted by atomic mass is 16.5. The molecule has 0 radical (unpaired) electrons. The van der Waals surface area contributed by atoms with Crippen molar-refractivity contribution in [3.8, 4) is 0 Å². The lowest BCUT2D eigenvalue weighted by Gasteiger charge is -2.20. The number of ether oxygens (including phenoxy) is 1. The van der Waals surface area contributed by atoms with Crippen molar-refractivity contribution in [1.82, 2.24) is 0 Å². The van der Waals surface area contributed by atoms with E-state index in [2.05, 4.69) is 81.4 Å². The molecule has 0 bridgehead atoms. The Morgan fingerprint density at radius 1 is 0.500 bits per heavy atom. The van der Waals surface area contributed by atoms with Crippen molar-refractivity contribution in [2.24, 2.45) is 9.98 Å². The molecule has 3 heteroatoms. The van der Waals surface area contributed by atoms with E-state index in [-0.39, 0.29) is 0 Å². The van der Waals surface area contributed by atoms with Gasteiger partial charge in [-0.05, 0) is 157 Å². The summed E-state index contributed by atoms with van der Waals surface area (Å²) in [5, 5.41) is 0. The molecule has 0 aromatic heterocycles. The second-order valence-corrected chi connectivity index (χ2v) is 9.82. The standard InChI is InChI=1S/C31H40N2O/c1-16-18(3)22(7)30(23(8)19(16)4)32-26(11)28-14-13-15-29(34-28)27(12)33-31-24(9)20(5)17(2)21(6)25(31)10/h14-15H,13H2,1-12H3/b32-26+,33-27+. The van der Waals surface area contributed by atoms with Crippen LogP contribution in [0.5, 0.6) is 0 Å². The molecule has 0 atom stereocenters. The van der Waals surface area contributed by atoms with Gasteiger partial charge in [0.15, 0.2) is 0 Å². The lowest BCUT2D eigenvalue weighted by molar-refractivity contribution is 0.343. The molecule has 180 valence electrons. The lowest BCUT2D eigenvalue weighted by Crippen LogP contribution is -2.11. The van der Waals surface area contributed by atoms with Crippen LogP contribution in [-0.4, -0.2) is 11.4 Å². The first kappa shape index (κ1) is 25.7. The number of hydrogen-bond acceptors (Lipinski definition) is 3. The molecule has 3 nitrogen and oxygen atoms in total. The predicted octanol–water partition coefficient (Wildman–Crippen LogP) is 8.84. The molecule has 2 aromatic rings. The number of aliphatic imine (C=N–C) groups is 2. The topological polar surface area (TPSA) is 34.0 Å². The highest BCUT2D eigenvalue weighted by Gasteiger charge is 2.18. The van der Waals surface area contributed by atoms with Crippen LogP contribution in [0.1, 0.15) is 75.9 Å². The van der Waals surface area contributed by atoms with Crippen molar-refractivity contribution >= 4 is 22.8 Å². The van der Waals surface area contributed by atoms with Crippen LogP contribution < -0.4 is 0 Å². The van der Waals surface area contributed by atoms with Gasteiger partial charge >= 0.3 is 0 Å². The van der Waals surface area contributed by atoms with Gasteiger partial charge < -0.3 is 4.74 Å². The van der Waals surface area contributed by atoms with Crippen LogP contribution >= 0.6 is 0 Å². The van der Waals surface area contributed by atoms with Gasteiger partial charge in [0.2, 0.25) is 0 Å². The molecule has 0 unspecified atom stereocenters. The second-order valence-electron chi connectivity index (χ2n) is 9.82. The molecule has 2 aromatic carbocycles. The molecule has 3 rings (SSSR count). The van der Waals surface area contributed by atoms with E-state index in [0.29, 0.717) is 0 Å². The van der Waals surface area contributed by atoms with Crippen LogP contribution in [0.2, 0.25) is 0 Å². The van der Waals surface area contributed by atoms with Crippen molar-refractivity contribution in [2.75, 3.05) is 0 Å². The fourth-order valence-corrected chi connectivity index (χ4v) is 4.66. The fraction of sp³-hybridized carbons (Fsp3) is 0.419. The average Bonchev–Trinajstić information content (AvgIpc) is 2.84. The van der Waals surface area contributed by atoms with Crippen molar-refractivity contribution in [1.29, 1.82) is 0 Å². The number of rotatable bonds is 4. The van der Waals surface area contributed by atoms with E-state index in [0.717, 1.165) is 40.7 Å². The Kier molecular flexibility index (Phi) is 7.35. The zero-order valence-electron chi connectivity index (χ0n) is 23.2. The Morgan fingerprint density at radius 2 is 0.765 bits per heavy atom. The van der Waals surface area contributed by atoms with Crippen LogP contribution in [0.15, 0.2) is 33.7 Å². The molecule has 0 aliphatic carbocycles. The summed E-state index contributed by atoms with van der Waals surface area (Å²) >= 11 is 0. The highest BCUT2D eigenvalue weighted by molar-refractivity contribution is 6.03. The van der Waals surface area contributed by atoms with Gasteiger partial charge in [-0.25, -0.2) is 9.98 Å². The van der Waals surface area contributed by atoms with Crippen LogP contribution in [0.25, 0.3) is 0 Å². The number of nitrogens with zero attached hydrogens (tertiary/aromatic N) is 2. The van der Waals surface area contributed by atoms with Crippen LogP contribution in [0, 0.1) is 69.2 Å². The number of benzene rings is 2. The molecule has 0 saturated carbocycles. The minimum atomic E-state index is 0.804. The van der Waals surface area contributed by atoms with Crippen LogP contribution in [0.4, 0.5) is 11.4 Å². The maximum Gasteiger partial charge on any atom is 0.145 e. The molecule has 1 aliphatic heterocycles. The van der Waals surface area contributed by atoms with Crippen molar-refractivity contribution < 1.29 is 4.74 Å². The number of hydrogen-bond donors (Lipinski definition) is 0. The molecule has 34 heavy (non-hydrogen) atoms. The first-order chi connectivity index (χ1) is 15.9. The van der Waals surface area contributed by atoms with E-state index in [1.165, 1.54) is 55.6 Å². The summed E-state index contributed by atoms with van der Waals surface area (Å²) in [5.41, 5.74) is 16.8. The summed E-state index contributed by atoms with van der Waals surface area (Å²) in [6, 6.07) is 0. The summed E-state index contributed by atoms with van der Waals surface area (Å²) < 4.78 is 6.34. The van der Waals surface area contributed by atoms with Crippen LogP contribution in [0.3, 0.4) is 0 Å². The maximum atomic E-state index is 6.34. The molecule has 0 amide bonds. The average molecular weight is 457 g/mol. The van der Waals surface area contributed by atoms with Crippen molar-refractivity contribution in [3.63, 3.8) is 0 Å². The van der Waals surface area contributed by atoms with Crippen molar-refractivity contribution in [3.05, 3.63) is 79.3 Å². The smallest absolute Gasteiger partial charge is 0.145 e. The predicted molar refractivity (Wildman–Crippen MR) is 148 cm³/mol. The monoisotopic (exact) mass is 456 g/mol. The van der Waals surface area contributed by atoms with Gasteiger partial charge in [-0.1, -0.05) is 0 Å². The molecular weight excluding hydrogens is 416 g/mol. The molecule has 1 aliphatic rings. The van der Waals surface area contributed by atoms with Gasteiger partial charge in [0.1, 0.15) is 11.5 Å². The van der Waals surface area contributed by atoms with E-state index < -0.39 is 0 Å². The Labute approximate surface area is 206 Å². The normalized spacial score (nSPS) is 14.7. The third-order valence-electron chi connectivity index (χ3n) is 8.02. The Bertz CT molecular complexity index is 1140. The van der Waals surface area contributed by atoms with Gasteiger partial charge in [-0.2, -0.15) is 0 Å². The lowest BCUT2D eigenvalue weighted by atomic mass is 9.93. The highest BCUT2D eigenvalue weighted by Crippen LogP contribution is 2.35. The van der Waals surface area contributed by atoms with Crippen molar-refractivity contribution in [2.45, 2.75) is 89.5 Å². The SMILES string of the molecule is C/C(=N\c1c(C)c(C)c(C)c(C)c1C)C1=CCC=C(/C(C)=N/c2c(C)c(C)c(C)c(C)c2C)O1. The summed E-state index contributed by atoms with van der Waals surface area (Å²) in [6.45, 7) is 25.8. The summed E-state index contributed by atoms with van der Waals surface area (Å²) in [6.07, 6.45) is 5.01. The zero-order valence-corrected chi connectivity index (χ0v) is 23.2.